The van der Waals surface area contributed by atoms with E-state index in [0.717, 1.165) is 16.9 Å². The van der Waals surface area contributed by atoms with Gasteiger partial charge < -0.3 is 9.47 Å². The number of alkyl halides is 2. The summed E-state index contributed by atoms with van der Waals surface area (Å²) in [5.41, 5.74) is -0.313. The van der Waals surface area contributed by atoms with Crippen molar-refractivity contribution in [2.45, 2.75) is 29.0 Å². The van der Waals surface area contributed by atoms with Crippen molar-refractivity contribution in [2.75, 3.05) is 6.61 Å². The van der Waals surface area contributed by atoms with Crippen LogP contribution in [0.1, 0.15) is 25.0 Å². The van der Waals surface area contributed by atoms with Crippen LogP contribution in [-0.2, 0) is 10.8 Å². The first-order valence-corrected chi connectivity index (χ1v) is 10.5. The lowest BCUT2D eigenvalue weighted by Crippen LogP contribution is -2.18. The number of benzene rings is 3. The van der Waals surface area contributed by atoms with Gasteiger partial charge in [-0.25, -0.2) is 0 Å². The van der Waals surface area contributed by atoms with E-state index >= 15 is 0 Å². The van der Waals surface area contributed by atoms with Gasteiger partial charge in [-0.2, -0.15) is 5.26 Å². The summed E-state index contributed by atoms with van der Waals surface area (Å²) < 4.78 is 10.2. The Kier molecular flexibility index (Phi) is 5.18. The molecule has 0 saturated heterocycles. The summed E-state index contributed by atoms with van der Waals surface area (Å²) in [5, 5.41) is 10.3. The lowest BCUT2D eigenvalue weighted by Gasteiger charge is -2.17. The molecule has 2 unspecified atom stereocenters. The zero-order chi connectivity index (χ0) is 21.4. The number of nitrogens with zero attached hydrogens (tertiary/aromatic N) is 1. The second-order valence-electron chi connectivity index (χ2n) is 7.46. The van der Waals surface area contributed by atoms with Gasteiger partial charge in [0.25, 0.3) is 0 Å². The fourth-order valence-electron chi connectivity index (χ4n) is 4.21. The van der Waals surface area contributed by atoms with Gasteiger partial charge in [0, 0.05) is 0 Å². The number of halogens is 2. The van der Waals surface area contributed by atoms with Crippen molar-refractivity contribution in [2.24, 2.45) is 0 Å². The van der Waals surface area contributed by atoms with Crippen LogP contribution in [0.3, 0.4) is 0 Å². The molecule has 0 N–H and O–H groups in total. The average Bonchev–Trinajstić information content (AvgIpc) is 3.17. The lowest BCUT2D eigenvalue weighted by molar-refractivity contribution is 0.340. The Hall–Kier alpha value is -2.67. The maximum Gasteiger partial charge on any atom is 0.153 e. The largest absolute Gasteiger partial charge is 0.494 e. The van der Waals surface area contributed by atoms with Gasteiger partial charge in [-0.15, -0.1) is 0 Å². The van der Waals surface area contributed by atoms with Crippen LogP contribution in [0.2, 0.25) is 0 Å². The fraction of sp³-hybridized carbons (Fsp3) is 0.240. The summed E-state index contributed by atoms with van der Waals surface area (Å²) in [7, 11) is 0. The van der Waals surface area contributed by atoms with Crippen LogP contribution in [0.5, 0.6) is 17.2 Å². The van der Waals surface area contributed by atoms with Crippen LogP contribution in [0.4, 0.5) is 0 Å². The van der Waals surface area contributed by atoms with Gasteiger partial charge in [0.05, 0.1) is 18.1 Å². The van der Waals surface area contributed by atoms with Crippen LogP contribution in [0, 0.1) is 11.3 Å². The minimum Gasteiger partial charge on any atom is -0.494 e. The smallest absolute Gasteiger partial charge is 0.153 e. The molecule has 0 bridgehead atoms. The molecule has 1 aliphatic rings. The van der Waals surface area contributed by atoms with Gasteiger partial charge in [0.15, 0.2) is 4.33 Å². The molecule has 0 spiro atoms. The summed E-state index contributed by atoms with van der Waals surface area (Å²) in [5.74, 6) is 2.10. The van der Waals surface area contributed by atoms with Crippen LogP contribution < -0.4 is 9.47 Å². The Labute approximate surface area is 186 Å². The molecule has 152 valence electrons. The van der Waals surface area contributed by atoms with E-state index in [1.807, 2.05) is 92.7 Å². The predicted molar refractivity (Wildman–Crippen MR) is 120 cm³/mol. The van der Waals surface area contributed by atoms with Crippen molar-refractivity contribution < 1.29 is 9.47 Å². The summed E-state index contributed by atoms with van der Waals surface area (Å²) in [4.78, 5) is 0. The van der Waals surface area contributed by atoms with Crippen LogP contribution >= 0.6 is 23.2 Å². The molecule has 3 nitrogen and oxygen atoms in total. The third-order valence-electron chi connectivity index (χ3n) is 5.94. The van der Waals surface area contributed by atoms with E-state index in [1.54, 1.807) is 0 Å². The van der Waals surface area contributed by atoms with Gasteiger partial charge in [0.2, 0.25) is 0 Å². The molecule has 4 rings (SSSR count). The van der Waals surface area contributed by atoms with Gasteiger partial charge in [-0.3, -0.25) is 0 Å². The Morgan fingerprint density at radius 2 is 1.50 bits per heavy atom. The topological polar surface area (TPSA) is 42.2 Å². The number of rotatable bonds is 6. The second-order valence-corrected chi connectivity index (χ2v) is 8.79. The molecule has 0 amide bonds. The molecule has 3 aromatic carbocycles. The molecule has 0 heterocycles. The monoisotopic (exact) mass is 437 g/mol. The third kappa shape index (κ3) is 2.87. The summed E-state index contributed by atoms with van der Waals surface area (Å²) >= 11 is 13.6. The first kappa shape index (κ1) is 20.6. The Morgan fingerprint density at radius 3 is 2.13 bits per heavy atom. The first-order chi connectivity index (χ1) is 14.4. The maximum atomic E-state index is 10.3. The number of para-hydroxylation sites is 1. The molecule has 3 aromatic rings. The van der Waals surface area contributed by atoms with E-state index in [-0.39, 0.29) is 0 Å². The lowest BCUT2D eigenvalue weighted by atomic mass is 9.83. The number of hydrogen-bond acceptors (Lipinski definition) is 3. The fourth-order valence-corrected chi connectivity index (χ4v) is 5.30. The van der Waals surface area contributed by atoms with E-state index in [9.17, 15) is 5.26 Å². The number of nitriles is 1. The van der Waals surface area contributed by atoms with Crippen molar-refractivity contribution in [1.82, 2.24) is 0 Å². The SMILES string of the molecule is CCOc1ccc(C2(C)C(Cl)(Cl)C2(C#N)c2cccc(Oc3ccccc3)c2)cc1. The van der Waals surface area contributed by atoms with Gasteiger partial charge >= 0.3 is 0 Å². The molecule has 0 radical (unpaired) electrons. The molecule has 1 saturated carbocycles. The number of ether oxygens (including phenoxy) is 2. The van der Waals surface area contributed by atoms with Crippen molar-refractivity contribution in [3.63, 3.8) is 0 Å². The van der Waals surface area contributed by atoms with E-state index < -0.39 is 15.2 Å². The van der Waals surface area contributed by atoms with E-state index in [0.29, 0.717) is 18.1 Å². The summed E-state index contributed by atoms with van der Waals surface area (Å²) in [6, 6.07) is 26.9. The quantitative estimate of drug-likeness (QED) is 0.398. The van der Waals surface area contributed by atoms with Gasteiger partial charge in [-0.05, 0) is 54.4 Å². The molecule has 2 atom stereocenters. The first-order valence-electron chi connectivity index (χ1n) is 9.76. The molecular formula is C25H21Cl2NO2. The summed E-state index contributed by atoms with van der Waals surface area (Å²) in [6.45, 7) is 4.45. The minimum absolute atomic E-state index is 0.585. The molecule has 1 fully saturated rings. The number of hydrogen-bond donors (Lipinski definition) is 0. The maximum absolute atomic E-state index is 10.3. The molecule has 5 heteroatoms. The van der Waals surface area contributed by atoms with Crippen molar-refractivity contribution in [3.8, 4) is 23.3 Å². The Bertz CT molecular complexity index is 1090. The highest BCUT2D eigenvalue weighted by Gasteiger charge is 2.86. The predicted octanol–water partition coefficient (Wildman–Crippen LogP) is 6.78. The zero-order valence-corrected chi connectivity index (χ0v) is 18.2. The van der Waals surface area contributed by atoms with Crippen molar-refractivity contribution in [1.29, 1.82) is 5.26 Å². The highest BCUT2D eigenvalue weighted by atomic mass is 35.5. The minimum atomic E-state index is -1.30. The molecule has 30 heavy (non-hydrogen) atoms. The van der Waals surface area contributed by atoms with Crippen LogP contribution in [0.25, 0.3) is 0 Å². The second kappa shape index (κ2) is 7.54. The van der Waals surface area contributed by atoms with Crippen molar-refractivity contribution >= 4 is 23.2 Å². The highest BCUT2D eigenvalue weighted by molar-refractivity contribution is 6.54. The van der Waals surface area contributed by atoms with Crippen LogP contribution in [0.15, 0.2) is 78.9 Å². The molecule has 1 aliphatic carbocycles. The van der Waals surface area contributed by atoms with Crippen molar-refractivity contribution in [3.05, 3.63) is 90.0 Å². The van der Waals surface area contributed by atoms with E-state index in [1.165, 1.54) is 0 Å². The van der Waals surface area contributed by atoms with Gasteiger partial charge in [-0.1, -0.05) is 72.6 Å². The standard InChI is InChI=1S/C25H21Cl2NO2/c1-3-29-20-14-12-18(13-15-20)23(2)24(17-28,25(23,26)27)19-8-7-11-22(16-19)30-21-9-5-4-6-10-21/h4-16H,3H2,1-2H3. The highest BCUT2D eigenvalue weighted by Crippen LogP contribution is 2.78. The molecular weight excluding hydrogens is 417 g/mol. The average molecular weight is 438 g/mol. The van der Waals surface area contributed by atoms with E-state index in [2.05, 4.69) is 6.07 Å². The molecule has 0 aliphatic heterocycles. The zero-order valence-electron chi connectivity index (χ0n) is 16.7. The van der Waals surface area contributed by atoms with Crippen LogP contribution in [-0.4, -0.2) is 10.9 Å². The molecule has 0 aromatic heterocycles. The normalized spacial score (nSPS) is 24.0. The van der Waals surface area contributed by atoms with E-state index in [4.69, 9.17) is 32.7 Å². The summed E-state index contributed by atoms with van der Waals surface area (Å²) in [6.07, 6.45) is 0. The third-order valence-corrected chi connectivity index (χ3v) is 7.27. The Balaban J connectivity index is 1.73. The van der Waals surface area contributed by atoms with Gasteiger partial charge in [0.1, 0.15) is 22.7 Å². The Morgan fingerprint density at radius 1 is 0.833 bits per heavy atom.